The third-order valence-electron chi connectivity index (χ3n) is 7.04. The van der Waals surface area contributed by atoms with Gasteiger partial charge in [-0.05, 0) is 58.2 Å². The average Bonchev–Trinajstić information content (AvgIpc) is 3.23. The predicted molar refractivity (Wildman–Crippen MR) is 99.8 cm³/mol. The number of hydrogen-bond acceptors (Lipinski definition) is 4. The average molecular weight is 361 g/mol. The number of aromatic nitrogens is 2. The lowest BCUT2D eigenvalue weighted by Gasteiger charge is -2.58. The van der Waals surface area contributed by atoms with Gasteiger partial charge in [0.1, 0.15) is 5.54 Å². The van der Waals surface area contributed by atoms with E-state index in [2.05, 4.69) is 22.7 Å². The van der Waals surface area contributed by atoms with Crippen LogP contribution in [0.25, 0.3) is 0 Å². The SMILES string of the molecule is CCOC1CC(NC(=O)C2(n3cccn3)CCNCC2)C12CCCCC2. The summed E-state index contributed by atoms with van der Waals surface area (Å²) in [5, 5.41) is 11.3. The van der Waals surface area contributed by atoms with Crippen LogP contribution < -0.4 is 10.6 Å². The van der Waals surface area contributed by atoms with E-state index in [-0.39, 0.29) is 17.4 Å². The standard InChI is InChI=1S/C20H32N4O2/c1-2-26-17-15-16(19(17)7-4-3-5-8-19)23-18(25)20(9-12-21-13-10-20)24-14-6-11-22-24/h6,11,14,16-17,21H,2-5,7-10,12-13,15H2,1H3,(H,23,25). The quantitative estimate of drug-likeness (QED) is 0.845. The Bertz CT molecular complexity index is 603. The molecule has 2 aliphatic carbocycles. The largest absolute Gasteiger partial charge is 0.378 e. The van der Waals surface area contributed by atoms with Gasteiger partial charge >= 0.3 is 0 Å². The van der Waals surface area contributed by atoms with Crippen molar-refractivity contribution in [2.45, 2.75) is 76.0 Å². The van der Waals surface area contributed by atoms with Crippen LogP contribution in [0.4, 0.5) is 0 Å². The van der Waals surface area contributed by atoms with Crippen LogP contribution in [0.1, 0.15) is 58.3 Å². The van der Waals surface area contributed by atoms with Crippen molar-refractivity contribution in [3.63, 3.8) is 0 Å². The molecule has 6 nitrogen and oxygen atoms in total. The highest BCUT2D eigenvalue weighted by Gasteiger charge is 2.57. The summed E-state index contributed by atoms with van der Waals surface area (Å²) in [7, 11) is 0. The molecule has 3 aliphatic rings. The molecule has 1 saturated heterocycles. The minimum Gasteiger partial charge on any atom is -0.378 e. The van der Waals surface area contributed by atoms with E-state index in [0.717, 1.165) is 39.0 Å². The molecule has 1 aromatic heterocycles. The second-order valence-electron chi connectivity index (χ2n) is 8.23. The van der Waals surface area contributed by atoms with Crippen molar-refractivity contribution < 1.29 is 9.53 Å². The molecule has 2 atom stereocenters. The molecule has 0 bridgehead atoms. The smallest absolute Gasteiger partial charge is 0.248 e. The van der Waals surface area contributed by atoms with Crippen LogP contribution in [0.5, 0.6) is 0 Å². The van der Waals surface area contributed by atoms with Gasteiger partial charge in [-0.3, -0.25) is 9.48 Å². The summed E-state index contributed by atoms with van der Waals surface area (Å²) in [6.07, 6.45) is 12.7. The van der Waals surface area contributed by atoms with Crippen LogP contribution in [-0.2, 0) is 15.1 Å². The number of nitrogens with zero attached hydrogens (tertiary/aromatic N) is 2. The Morgan fingerprint density at radius 1 is 1.27 bits per heavy atom. The fraction of sp³-hybridized carbons (Fsp3) is 0.800. The van der Waals surface area contributed by atoms with E-state index in [4.69, 9.17) is 4.74 Å². The Morgan fingerprint density at radius 3 is 2.69 bits per heavy atom. The van der Waals surface area contributed by atoms with Crippen LogP contribution in [0.2, 0.25) is 0 Å². The molecule has 3 fully saturated rings. The molecule has 2 heterocycles. The van der Waals surface area contributed by atoms with Gasteiger partial charge < -0.3 is 15.4 Å². The number of nitrogens with one attached hydrogen (secondary N) is 2. The van der Waals surface area contributed by atoms with E-state index in [9.17, 15) is 4.79 Å². The fourth-order valence-electron chi connectivity index (χ4n) is 5.48. The molecular weight excluding hydrogens is 328 g/mol. The Labute approximate surface area is 156 Å². The van der Waals surface area contributed by atoms with Crippen molar-refractivity contribution >= 4 is 5.91 Å². The zero-order chi connectivity index (χ0) is 18.0. The van der Waals surface area contributed by atoms with E-state index in [1.54, 1.807) is 6.20 Å². The second kappa shape index (κ2) is 7.31. The van der Waals surface area contributed by atoms with Gasteiger partial charge in [0, 0.05) is 30.5 Å². The number of hydrogen-bond donors (Lipinski definition) is 2. The van der Waals surface area contributed by atoms with Gasteiger partial charge in [0.05, 0.1) is 6.10 Å². The Morgan fingerprint density at radius 2 is 2.04 bits per heavy atom. The molecule has 26 heavy (non-hydrogen) atoms. The summed E-state index contributed by atoms with van der Waals surface area (Å²) in [5.41, 5.74) is -0.399. The van der Waals surface area contributed by atoms with Gasteiger partial charge in [0.25, 0.3) is 0 Å². The Hall–Kier alpha value is -1.40. The molecular formula is C20H32N4O2. The zero-order valence-corrected chi connectivity index (χ0v) is 15.9. The van der Waals surface area contributed by atoms with Crippen molar-refractivity contribution in [2.75, 3.05) is 19.7 Å². The van der Waals surface area contributed by atoms with Gasteiger partial charge in [0.2, 0.25) is 5.91 Å². The summed E-state index contributed by atoms with van der Waals surface area (Å²) in [6.45, 7) is 4.54. The maximum atomic E-state index is 13.5. The first-order valence-electron chi connectivity index (χ1n) is 10.3. The number of piperidine rings is 1. The van der Waals surface area contributed by atoms with Crippen LogP contribution in [0, 0.1) is 5.41 Å². The van der Waals surface area contributed by atoms with Crippen LogP contribution in [-0.4, -0.2) is 47.5 Å². The van der Waals surface area contributed by atoms with E-state index < -0.39 is 5.54 Å². The maximum absolute atomic E-state index is 13.5. The number of carbonyl (C=O) groups is 1. The van der Waals surface area contributed by atoms with E-state index >= 15 is 0 Å². The highest BCUT2D eigenvalue weighted by atomic mass is 16.5. The molecule has 1 spiro atoms. The zero-order valence-electron chi connectivity index (χ0n) is 15.9. The highest BCUT2D eigenvalue weighted by Crippen LogP contribution is 2.53. The van der Waals surface area contributed by atoms with Crippen LogP contribution in [0.15, 0.2) is 18.5 Å². The van der Waals surface area contributed by atoms with Gasteiger partial charge in [-0.25, -0.2) is 0 Å². The molecule has 4 rings (SSSR count). The first-order chi connectivity index (χ1) is 12.7. The van der Waals surface area contributed by atoms with Crippen molar-refractivity contribution in [1.82, 2.24) is 20.4 Å². The maximum Gasteiger partial charge on any atom is 0.248 e. The number of amides is 1. The number of carbonyl (C=O) groups excluding carboxylic acids is 1. The summed E-state index contributed by atoms with van der Waals surface area (Å²) < 4.78 is 7.93. The topological polar surface area (TPSA) is 68.2 Å². The molecule has 2 N–H and O–H groups in total. The summed E-state index contributed by atoms with van der Waals surface area (Å²) in [5.74, 6) is 0.146. The first-order valence-corrected chi connectivity index (χ1v) is 10.3. The van der Waals surface area contributed by atoms with Crippen molar-refractivity contribution in [3.05, 3.63) is 18.5 Å². The Balaban J connectivity index is 1.53. The summed E-state index contributed by atoms with van der Waals surface area (Å²) in [6, 6.07) is 2.16. The van der Waals surface area contributed by atoms with Crippen molar-refractivity contribution in [1.29, 1.82) is 0 Å². The molecule has 2 saturated carbocycles. The molecule has 144 valence electrons. The summed E-state index contributed by atoms with van der Waals surface area (Å²) in [4.78, 5) is 13.5. The monoisotopic (exact) mass is 360 g/mol. The molecule has 0 radical (unpaired) electrons. The fourth-order valence-corrected chi connectivity index (χ4v) is 5.48. The lowest BCUT2D eigenvalue weighted by Crippen LogP contribution is -2.68. The van der Waals surface area contributed by atoms with Crippen molar-refractivity contribution in [2.24, 2.45) is 5.41 Å². The number of rotatable bonds is 5. The van der Waals surface area contributed by atoms with E-state index in [1.807, 2.05) is 16.9 Å². The minimum absolute atomic E-state index is 0.146. The van der Waals surface area contributed by atoms with E-state index in [0.29, 0.717) is 6.10 Å². The van der Waals surface area contributed by atoms with Crippen LogP contribution >= 0.6 is 0 Å². The lowest BCUT2D eigenvalue weighted by molar-refractivity contribution is -0.161. The predicted octanol–water partition coefficient (Wildman–Crippen LogP) is 2.21. The first kappa shape index (κ1) is 18.0. The van der Waals surface area contributed by atoms with Crippen molar-refractivity contribution in [3.8, 4) is 0 Å². The van der Waals surface area contributed by atoms with Gasteiger partial charge in [-0.2, -0.15) is 5.10 Å². The minimum atomic E-state index is -0.554. The molecule has 1 aliphatic heterocycles. The lowest BCUT2D eigenvalue weighted by atomic mass is 9.55. The second-order valence-corrected chi connectivity index (χ2v) is 8.23. The normalized spacial score (nSPS) is 29.9. The highest BCUT2D eigenvalue weighted by molar-refractivity contribution is 5.85. The molecule has 2 unspecified atom stereocenters. The van der Waals surface area contributed by atoms with Gasteiger partial charge in [-0.1, -0.05) is 19.3 Å². The third kappa shape index (κ3) is 2.87. The third-order valence-corrected chi connectivity index (χ3v) is 7.04. The summed E-state index contributed by atoms with van der Waals surface area (Å²) >= 11 is 0. The molecule has 0 aromatic carbocycles. The van der Waals surface area contributed by atoms with Gasteiger partial charge in [-0.15, -0.1) is 0 Å². The van der Waals surface area contributed by atoms with E-state index in [1.165, 1.54) is 32.1 Å². The number of ether oxygens (including phenoxy) is 1. The van der Waals surface area contributed by atoms with Crippen LogP contribution in [0.3, 0.4) is 0 Å². The Kier molecular flexibility index (Phi) is 5.06. The van der Waals surface area contributed by atoms with Gasteiger partial charge in [0.15, 0.2) is 0 Å². The molecule has 1 aromatic rings. The molecule has 1 amide bonds. The molecule has 6 heteroatoms.